The Bertz CT molecular complexity index is 400. The first-order valence-electron chi connectivity index (χ1n) is 6.38. The van der Waals surface area contributed by atoms with Gasteiger partial charge in [0.15, 0.2) is 0 Å². The minimum Gasteiger partial charge on any atom is -0.382 e. The first-order valence-corrected chi connectivity index (χ1v) is 6.38. The predicted molar refractivity (Wildman–Crippen MR) is 73.8 cm³/mol. The lowest BCUT2D eigenvalue weighted by molar-refractivity contribution is 0.259. The van der Waals surface area contributed by atoms with Gasteiger partial charge in [0, 0.05) is 17.4 Å². The molecule has 1 fully saturated rings. The van der Waals surface area contributed by atoms with Gasteiger partial charge in [0.25, 0.3) is 0 Å². The third-order valence-electron chi connectivity index (χ3n) is 3.08. The van der Waals surface area contributed by atoms with Crippen molar-refractivity contribution >= 4 is 17.4 Å². The zero-order valence-corrected chi connectivity index (χ0v) is 10.4. The molecule has 1 aliphatic rings. The Kier molecular flexibility index (Phi) is 4.41. The zero-order chi connectivity index (χ0) is 12.8. The molecular formula is C13H20N4O. The Morgan fingerprint density at radius 1 is 1.28 bits per heavy atom. The first kappa shape index (κ1) is 12.7. The van der Waals surface area contributed by atoms with Crippen LogP contribution in [0, 0.1) is 0 Å². The molecule has 1 aliphatic heterocycles. The molecule has 1 saturated heterocycles. The zero-order valence-electron chi connectivity index (χ0n) is 10.4. The van der Waals surface area contributed by atoms with Crippen LogP contribution in [-0.4, -0.2) is 25.2 Å². The van der Waals surface area contributed by atoms with Crippen molar-refractivity contribution < 1.29 is 4.79 Å². The minimum absolute atomic E-state index is 0.490. The molecule has 0 bridgehead atoms. The molecular weight excluding hydrogens is 228 g/mol. The van der Waals surface area contributed by atoms with E-state index in [4.69, 9.17) is 5.73 Å². The van der Waals surface area contributed by atoms with Crippen molar-refractivity contribution in [1.29, 1.82) is 0 Å². The summed E-state index contributed by atoms with van der Waals surface area (Å²) in [6.45, 7) is 2.15. The number of hydrogen-bond acceptors (Lipinski definition) is 3. The van der Waals surface area contributed by atoms with Gasteiger partial charge in [-0.3, -0.25) is 0 Å². The number of urea groups is 1. The largest absolute Gasteiger partial charge is 0.382 e. The van der Waals surface area contributed by atoms with Gasteiger partial charge < -0.3 is 21.7 Å². The van der Waals surface area contributed by atoms with Crippen molar-refractivity contribution in [2.24, 2.45) is 5.73 Å². The summed E-state index contributed by atoms with van der Waals surface area (Å²) in [4.78, 5) is 10.8. The number of rotatable bonds is 3. The third-order valence-corrected chi connectivity index (χ3v) is 3.08. The third kappa shape index (κ3) is 3.92. The van der Waals surface area contributed by atoms with Crippen LogP contribution in [0.3, 0.4) is 0 Å². The molecule has 1 aromatic rings. The molecule has 1 heterocycles. The van der Waals surface area contributed by atoms with E-state index < -0.39 is 6.03 Å². The molecule has 1 atom stereocenters. The van der Waals surface area contributed by atoms with Crippen LogP contribution in [0.4, 0.5) is 16.2 Å². The lowest BCUT2D eigenvalue weighted by Crippen LogP contribution is -2.22. The molecule has 1 unspecified atom stereocenters. The van der Waals surface area contributed by atoms with Gasteiger partial charge in [-0.15, -0.1) is 0 Å². The van der Waals surface area contributed by atoms with Gasteiger partial charge in [0.2, 0.25) is 0 Å². The lowest BCUT2D eigenvalue weighted by atomic mass is 10.1. The first-order chi connectivity index (χ1) is 8.74. The van der Waals surface area contributed by atoms with Gasteiger partial charge in [0.05, 0.1) is 0 Å². The van der Waals surface area contributed by atoms with E-state index in [0.717, 1.165) is 30.9 Å². The van der Waals surface area contributed by atoms with Crippen LogP contribution in [0.15, 0.2) is 24.3 Å². The number of nitrogens with two attached hydrogens (primary N) is 1. The molecule has 5 heteroatoms. The van der Waals surface area contributed by atoms with Crippen LogP contribution in [0.5, 0.6) is 0 Å². The summed E-state index contributed by atoms with van der Waals surface area (Å²) in [5, 5.41) is 9.47. The van der Waals surface area contributed by atoms with E-state index in [1.165, 1.54) is 12.8 Å². The van der Waals surface area contributed by atoms with E-state index in [9.17, 15) is 4.79 Å². The van der Waals surface area contributed by atoms with E-state index in [2.05, 4.69) is 16.0 Å². The maximum absolute atomic E-state index is 10.8. The second-order valence-electron chi connectivity index (χ2n) is 4.59. The van der Waals surface area contributed by atoms with Crippen molar-refractivity contribution in [3.8, 4) is 0 Å². The highest BCUT2D eigenvalue weighted by molar-refractivity contribution is 5.88. The number of hydrogen-bond donors (Lipinski definition) is 4. The summed E-state index contributed by atoms with van der Waals surface area (Å²) in [6, 6.07) is 7.59. The minimum atomic E-state index is -0.536. The van der Waals surface area contributed by atoms with Gasteiger partial charge in [-0.25, -0.2) is 4.79 Å². The Balaban J connectivity index is 1.97. The van der Waals surface area contributed by atoms with Crippen LogP contribution in [0.2, 0.25) is 0 Å². The van der Waals surface area contributed by atoms with Crippen LogP contribution in [-0.2, 0) is 0 Å². The number of carbonyl (C=O) groups is 1. The quantitative estimate of drug-likeness (QED) is 0.657. The molecule has 0 radical (unpaired) electrons. The summed E-state index contributed by atoms with van der Waals surface area (Å²) in [6.07, 6.45) is 3.48. The fraction of sp³-hybridized carbons (Fsp3) is 0.462. The van der Waals surface area contributed by atoms with Crippen LogP contribution >= 0.6 is 0 Å². The van der Waals surface area contributed by atoms with Crippen LogP contribution < -0.4 is 21.7 Å². The van der Waals surface area contributed by atoms with Crippen LogP contribution in [0.1, 0.15) is 19.3 Å². The standard InChI is InChI=1S/C13H20N4O/c14-13(18)17-12-4-1-3-11(9-12)16-10-5-2-7-15-8-6-10/h1,3-4,9-10,15-16H,2,5-8H2,(H3,14,17,18). The molecule has 18 heavy (non-hydrogen) atoms. The molecule has 0 aromatic heterocycles. The summed E-state index contributed by atoms with van der Waals surface area (Å²) >= 11 is 0. The van der Waals surface area contributed by atoms with Crippen molar-refractivity contribution in [1.82, 2.24) is 5.32 Å². The van der Waals surface area contributed by atoms with Crippen molar-refractivity contribution in [2.75, 3.05) is 23.7 Å². The maximum atomic E-state index is 10.8. The monoisotopic (exact) mass is 248 g/mol. The maximum Gasteiger partial charge on any atom is 0.316 e. The molecule has 5 N–H and O–H groups in total. The van der Waals surface area contributed by atoms with Crippen LogP contribution in [0.25, 0.3) is 0 Å². The Labute approximate surface area is 107 Å². The second-order valence-corrected chi connectivity index (χ2v) is 4.59. The van der Waals surface area contributed by atoms with E-state index >= 15 is 0 Å². The summed E-state index contributed by atoms with van der Waals surface area (Å²) in [5.41, 5.74) is 6.84. The molecule has 98 valence electrons. The van der Waals surface area contributed by atoms with Crippen molar-refractivity contribution in [3.05, 3.63) is 24.3 Å². The fourth-order valence-corrected chi connectivity index (χ4v) is 2.23. The molecule has 2 rings (SSSR count). The van der Waals surface area contributed by atoms with E-state index in [-0.39, 0.29) is 0 Å². The average Bonchev–Trinajstić information content (AvgIpc) is 2.57. The second kappa shape index (κ2) is 6.26. The van der Waals surface area contributed by atoms with Crippen molar-refractivity contribution in [2.45, 2.75) is 25.3 Å². The fourth-order valence-electron chi connectivity index (χ4n) is 2.23. The highest BCUT2D eigenvalue weighted by Crippen LogP contribution is 2.18. The number of benzene rings is 1. The predicted octanol–water partition coefficient (Wildman–Crippen LogP) is 1.73. The molecule has 0 saturated carbocycles. The van der Waals surface area contributed by atoms with Gasteiger partial charge in [-0.2, -0.15) is 0 Å². The smallest absolute Gasteiger partial charge is 0.316 e. The molecule has 0 aliphatic carbocycles. The summed E-state index contributed by atoms with van der Waals surface area (Å²) < 4.78 is 0. The molecule has 5 nitrogen and oxygen atoms in total. The molecule has 1 aromatic carbocycles. The molecule has 2 amide bonds. The Hall–Kier alpha value is -1.75. The van der Waals surface area contributed by atoms with E-state index in [0.29, 0.717) is 6.04 Å². The number of anilines is 2. The Morgan fingerprint density at radius 2 is 2.11 bits per heavy atom. The normalized spacial score (nSPS) is 19.9. The topological polar surface area (TPSA) is 79.2 Å². The SMILES string of the molecule is NC(=O)Nc1cccc(NC2CCCNCC2)c1. The van der Waals surface area contributed by atoms with Crippen molar-refractivity contribution in [3.63, 3.8) is 0 Å². The number of nitrogens with one attached hydrogen (secondary N) is 3. The summed E-state index contributed by atoms with van der Waals surface area (Å²) in [7, 11) is 0. The number of carbonyl (C=O) groups excluding carboxylic acids is 1. The van der Waals surface area contributed by atoms with Gasteiger partial charge in [0.1, 0.15) is 0 Å². The number of primary amides is 1. The van der Waals surface area contributed by atoms with E-state index in [1.54, 1.807) is 0 Å². The Morgan fingerprint density at radius 3 is 2.94 bits per heavy atom. The number of amides is 2. The van der Waals surface area contributed by atoms with Gasteiger partial charge >= 0.3 is 6.03 Å². The van der Waals surface area contributed by atoms with Gasteiger partial charge in [-0.05, 0) is 50.6 Å². The summed E-state index contributed by atoms with van der Waals surface area (Å²) in [5.74, 6) is 0. The lowest BCUT2D eigenvalue weighted by Gasteiger charge is -2.17. The van der Waals surface area contributed by atoms with E-state index in [1.807, 2.05) is 24.3 Å². The van der Waals surface area contributed by atoms with Gasteiger partial charge in [-0.1, -0.05) is 6.07 Å². The highest BCUT2D eigenvalue weighted by Gasteiger charge is 2.11. The average molecular weight is 248 g/mol. The molecule has 0 spiro atoms. The highest BCUT2D eigenvalue weighted by atomic mass is 16.2.